The Morgan fingerprint density at radius 2 is 2.16 bits per heavy atom. The maximum absolute atomic E-state index is 12.2. The molecule has 0 spiro atoms. The van der Waals surface area contributed by atoms with Gasteiger partial charge in [-0.3, -0.25) is 4.79 Å². The van der Waals surface area contributed by atoms with Crippen molar-refractivity contribution in [2.24, 2.45) is 0 Å². The highest BCUT2D eigenvalue weighted by Crippen LogP contribution is 2.22. The molecule has 0 saturated heterocycles. The summed E-state index contributed by atoms with van der Waals surface area (Å²) in [5.41, 5.74) is 0.349. The maximum atomic E-state index is 12.2. The van der Waals surface area contributed by atoms with Gasteiger partial charge in [0.15, 0.2) is 0 Å². The zero-order chi connectivity index (χ0) is 13.8. The number of hydrogen-bond acceptors (Lipinski definition) is 3. The van der Waals surface area contributed by atoms with Gasteiger partial charge in [-0.15, -0.1) is 0 Å². The number of hydrogen-bond donors (Lipinski definition) is 0. The second-order valence-electron chi connectivity index (χ2n) is 4.24. The van der Waals surface area contributed by atoms with Crippen LogP contribution in [0.3, 0.4) is 0 Å². The summed E-state index contributed by atoms with van der Waals surface area (Å²) in [7, 11) is 3.32. The first-order chi connectivity index (χ1) is 9.13. The Morgan fingerprint density at radius 1 is 1.42 bits per heavy atom. The van der Waals surface area contributed by atoms with E-state index in [4.69, 9.17) is 16.3 Å². The van der Waals surface area contributed by atoms with Gasteiger partial charge in [-0.25, -0.2) is 4.98 Å². The number of carbonyl (C=O) groups excluding carboxylic acids is 1. The number of carbonyl (C=O) groups is 1. The van der Waals surface area contributed by atoms with Gasteiger partial charge in [-0.2, -0.15) is 0 Å². The van der Waals surface area contributed by atoms with E-state index in [0.717, 1.165) is 10.8 Å². The lowest BCUT2D eigenvalue weighted by Gasteiger charge is -2.16. The first-order valence-corrected chi connectivity index (χ1v) is 6.31. The van der Waals surface area contributed by atoms with Crippen LogP contribution in [0.25, 0.3) is 10.8 Å². The zero-order valence-corrected chi connectivity index (χ0v) is 11.6. The second-order valence-corrected chi connectivity index (χ2v) is 4.60. The van der Waals surface area contributed by atoms with Crippen molar-refractivity contribution >= 4 is 28.3 Å². The Balaban J connectivity index is 2.32. The van der Waals surface area contributed by atoms with Crippen molar-refractivity contribution < 1.29 is 9.53 Å². The topological polar surface area (TPSA) is 42.4 Å². The lowest BCUT2D eigenvalue weighted by Crippen LogP contribution is -2.30. The van der Waals surface area contributed by atoms with Crippen molar-refractivity contribution in [2.45, 2.75) is 0 Å². The average Bonchev–Trinajstić information content (AvgIpc) is 2.43. The van der Waals surface area contributed by atoms with Crippen LogP contribution in [0, 0.1) is 0 Å². The summed E-state index contributed by atoms with van der Waals surface area (Å²) in [6.07, 6.45) is 0. The Hall–Kier alpha value is -1.65. The van der Waals surface area contributed by atoms with E-state index in [1.807, 2.05) is 24.3 Å². The smallest absolute Gasteiger partial charge is 0.272 e. The Kier molecular flexibility index (Phi) is 4.35. The average molecular weight is 279 g/mol. The highest BCUT2D eigenvalue weighted by molar-refractivity contribution is 6.34. The van der Waals surface area contributed by atoms with E-state index in [1.54, 1.807) is 25.1 Å². The Bertz CT molecular complexity index is 601. The number of likely N-dealkylation sites (N-methyl/N-ethyl adjacent to an activating group) is 1. The summed E-state index contributed by atoms with van der Waals surface area (Å²) in [5.74, 6) is -0.162. The van der Waals surface area contributed by atoms with Gasteiger partial charge < -0.3 is 9.64 Å². The fourth-order valence-corrected chi connectivity index (χ4v) is 2.05. The highest BCUT2D eigenvalue weighted by Gasteiger charge is 2.15. The third kappa shape index (κ3) is 3.03. The van der Waals surface area contributed by atoms with E-state index in [2.05, 4.69) is 4.98 Å². The van der Waals surface area contributed by atoms with Crippen LogP contribution in [0.15, 0.2) is 30.3 Å². The van der Waals surface area contributed by atoms with Crippen LogP contribution < -0.4 is 0 Å². The number of pyridine rings is 1. The summed E-state index contributed by atoms with van der Waals surface area (Å²) < 4.78 is 4.95. The van der Waals surface area contributed by atoms with Crippen LogP contribution in [0.2, 0.25) is 5.15 Å². The number of fused-ring (bicyclic) bond motifs is 1. The monoisotopic (exact) mass is 278 g/mol. The van der Waals surface area contributed by atoms with Gasteiger partial charge in [0.1, 0.15) is 10.8 Å². The van der Waals surface area contributed by atoms with Gasteiger partial charge >= 0.3 is 0 Å². The van der Waals surface area contributed by atoms with Crippen molar-refractivity contribution in [1.29, 1.82) is 0 Å². The number of ether oxygens (including phenoxy) is 1. The minimum atomic E-state index is -0.162. The van der Waals surface area contributed by atoms with E-state index in [0.29, 0.717) is 24.0 Å². The minimum Gasteiger partial charge on any atom is -0.383 e. The lowest BCUT2D eigenvalue weighted by atomic mass is 10.1. The van der Waals surface area contributed by atoms with Crippen LogP contribution in [0.5, 0.6) is 0 Å². The molecule has 0 radical (unpaired) electrons. The van der Waals surface area contributed by atoms with Gasteiger partial charge in [0, 0.05) is 26.1 Å². The molecule has 5 heteroatoms. The molecule has 1 aromatic heterocycles. The molecular formula is C14H15ClN2O2. The third-order valence-corrected chi connectivity index (χ3v) is 3.18. The predicted octanol–water partition coefficient (Wildman–Crippen LogP) is 2.61. The molecule has 2 rings (SSSR count). The molecule has 2 aromatic rings. The van der Waals surface area contributed by atoms with Crippen molar-refractivity contribution in [3.05, 3.63) is 41.2 Å². The van der Waals surface area contributed by atoms with E-state index >= 15 is 0 Å². The van der Waals surface area contributed by atoms with Gasteiger partial charge in [0.2, 0.25) is 0 Å². The molecule has 1 heterocycles. The zero-order valence-electron chi connectivity index (χ0n) is 10.9. The summed E-state index contributed by atoms with van der Waals surface area (Å²) >= 11 is 6.11. The quantitative estimate of drug-likeness (QED) is 0.808. The molecular weight excluding hydrogens is 264 g/mol. The molecule has 0 aliphatic rings. The maximum Gasteiger partial charge on any atom is 0.272 e. The molecule has 0 aliphatic carbocycles. The fraction of sp³-hybridized carbons (Fsp3) is 0.286. The molecule has 0 unspecified atom stereocenters. The van der Waals surface area contributed by atoms with Crippen LogP contribution in [0.1, 0.15) is 10.5 Å². The van der Waals surface area contributed by atoms with Gasteiger partial charge in [0.05, 0.1) is 6.61 Å². The number of benzene rings is 1. The number of halogens is 1. The number of nitrogens with zero attached hydrogens (tertiary/aromatic N) is 2. The Morgan fingerprint density at radius 3 is 2.89 bits per heavy atom. The number of amides is 1. The van der Waals surface area contributed by atoms with Crippen LogP contribution >= 0.6 is 11.6 Å². The molecule has 4 nitrogen and oxygen atoms in total. The van der Waals surface area contributed by atoms with Gasteiger partial charge in [-0.1, -0.05) is 35.9 Å². The fourth-order valence-electron chi connectivity index (χ4n) is 1.79. The largest absolute Gasteiger partial charge is 0.383 e. The first-order valence-electron chi connectivity index (χ1n) is 5.93. The molecule has 100 valence electrons. The molecule has 0 N–H and O–H groups in total. The summed E-state index contributed by atoms with van der Waals surface area (Å²) in [5, 5.41) is 2.10. The van der Waals surface area contributed by atoms with Crippen LogP contribution in [-0.2, 0) is 4.74 Å². The van der Waals surface area contributed by atoms with Gasteiger partial charge in [0.25, 0.3) is 5.91 Å². The predicted molar refractivity (Wildman–Crippen MR) is 75.6 cm³/mol. The lowest BCUT2D eigenvalue weighted by molar-refractivity contribution is 0.0739. The molecule has 1 amide bonds. The third-order valence-electron chi connectivity index (χ3n) is 2.89. The number of rotatable bonds is 4. The SMILES string of the molecule is COCCN(C)C(=O)c1cc2ccccc2c(Cl)n1. The normalized spacial score (nSPS) is 10.7. The molecule has 0 saturated carbocycles. The standard InChI is InChI=1S/C14H15ClN2O2/c1-17(7-8-19-2)14(18)12-9-10-5-3-4-6-11(10)13(15)16-12/h3-6,9H,7-8H2,1-2H3. The second kappa shape index (κ2) is 5.99. The summed E-state index contributed by atoms with van der Waals surface area (Å²) in [4.78, 5) is 17.9. The summed E-state index contributed by atoms with van der Waals surface area (Å²) in [6.45, 7) is 1.00. The Labute approximate surface area is 116 Å². The van der Waals surface area contributed by atoms with E-state index in [-0.39, 0.29) is 5.91 Å². The van der Waals surface area contributed by atoms with E-state index in [1.165, 1.54) is 0 Å². The number of aromatic nitrogens is 1. The van der Waals surface area contributed by atoms with Crippen LogP contribution in [-0.4, -0.2) is 43.1 Å². The molecule has 1 aromatic carbocycles. The molecule has 0 atom stereocenters. The first kappa shape index (κ1) is 13.8. The van der Waals surface area contributed by atoms with Crippen LogP contribution in [0.4, 0.5) is 0 Å². The molecule has 0 fully saturated rings. The highest BCUT2D eigenvalue weighted by atomic mass is 35.5. The molecule has 0 bridgehead atoms. The van der Waals surface area contributed by atoms with Crippen molar-refractivity contribution in [3.63, 3.8) is 0 Å². The molecule has 19 heavy (non-hydrogen) atoms. The minimum absolute atomic E-state index is 0.162. The van der Waals surface area contributed by atoms with E-state index in [9.17, 15) is 4.79 Å². The van der Waals surface area contributed by atoms with Crippen molar-refractivity contribution in [3.8, 4) is 0 Å². The molecule has 0 aliphatic heterocycles. The van der Waals surface area contributed by atoms with Gasteiger partial charge in [-0.05, 0) is 11.5 Å². The van der Waals surface area contributed by atoms with E-state index < -0.39 is 0 Å². The number of methoxy groups -OCH3 is 1. The van der Waals surface area contributed by atoms with Crippen molar-refractivity contribution in [2.75, 3.05) is 27.3 Å². The summed E-state index contributed by atoms with van der Waals surface area (Å²) in [6, 6.07) is 9.35. The van der Waals surface area contributed by atoms with Crippen molar-refractivity contribution in [1.82, 2.24) is 9.88 Å².